The highest BCUT2D eigenvalue weighted by atomic mass is 28.3. The second kappa shape index (κ2) is 4.65. The number of hydrogen-bond donors (Lipinski definition) is 0. The Bertz CT molecular complexity index is 438. The van der Waals surface area contributed by atoms with E-state index in [0.717, 1.165) is 18.6 Å². The molecule has 0 atom stereocenters. The van der Waals surface area contributed by atoms with Gasteiger partial charge in [0.25, 0.3) is 0 Å². The minimum Gasteiger partial charge on any atom is -0.497 e. The fraction of sp³-hybridized carbons (Fsp3) is 0.500. The van der Waals surface area contributed by atoms with E-state index in [1.54, 1.807) is 7.11 Å². The van der Waals surface area contributed by atoms with Gasteiger partial charge in [-0.05, 0) is 24.1 Å². The van der Waals surface area contributed by atoms with E-state index in [0.29, 0.717) is 12.2 Å². The Morgan fingerprint density at radius 3 is 2.76 bits per heavy atom. The first kappa shape index (κ1) is 12.4. The van der Waals surface area contributed by atoms with Crippen LogP contribution >= 0.6 is 0 Å². The molecule has 0 radical (unpaired) electrons. The van der Waals surface area contributed by atoms with Crippen molar-refractivity contribution in [3.8, 4) is 5.75 Å². The van der Waals surface area contributed by atoms with Gasteiger partial charge in [0.15, 0.2) is 0 Å². The van der Waals surface area contributed by atoms with Crippen molar-refractivity contribution in [2.75, 3.05) is 7.11 Å². The molecule has 1 aromatic carbocycles. The molecule has 17 heavy (non-hydrogen) atoms. The standard InChI is InChI=1S/C14H20O2Si/c1-16-13-6-7-14-11(10-13)9-12(15)5-4-8-17(14,2)3/h6-7,10H,4-5,8-9H2,1-3H3. The highest BCUT2D eigenvalue weighted by Gasteiger charge is 2.28. The average molecular weight is 248 g/mol. The van der Waals surface area contributed by atoms with Gasteiger partial charge in [-0.15, -0.1) is 0 Å². The molecular weight excluding hydrogens is 228 g/mol. The lowest BCUT2D eigenvalue weighted by molar-refractivity contribution is -0.118. The van der Waals surface area contributed by atoms with E-state index in [9.17, 15) is 4.79 Å². The number of Topliss-reactive ketones (excluding diaryl/α,β-unsaturated/α-hetero) is 1. The normalized spacial score (nSPS) is 19.1. The van der Waals surface area contributed by atoms with E-state index in [2.05, 4.69) is 19.2 Å². The van der Waals surface area contributed by atoms with Crippen molar-refractivity contribution in [3.05, 3.63) is 23.8 Å². The first-order chi connectivity index (χ1) is 8.03. The number of ether oxygens (including phenoxy) is 1. The molecule has 0 N–H and O–H groups in total. The van der Waals surface area contributed by atoms with Gasteiger partial charge in [-0.3, -0.25) is 4.79 Å². The van der Waals surface area contributed by atoms with Gasteiger partial charge < -0.3 is 4.74 Å². The van der Waals surface area contributed by atoms with E-state index in [4.69, 9.17) is 4.74 Å². The SMILES string of the molecule is COc1ccc2c(c1)CC(=O)CCC[Si]2(C)C. The van der Waals surface area contributed by atoms with E-state index in [-0.39, 0.29) is 0 Å². The van der Waals surface area contributed by atoms with Crippen LogP contribution in [0.25, 0.3) is 0 Å². The Balaban J connectivity index is 2.48. The molecule has 0 bridgehead atoms. The molecule has 0 saturated carbocycles. The number of carbonyl (C=O) groups excluding carboxylic acids is 1. The molecule has 1 aliphatic heterocycles. The quantitative estimate of drug-likeness (QED) is 0.714. The van der Waals surface area contributed by atoms with E-state index in [1.807, 2.05) is 12.1 Å². The topological polar surface area (TPSA) is 26.3 Å². The van der Waals surface area contributed by atoms with E-state index < -0.39 is 8.07 Å². The number of ketones is 1. The Kier molecular flexibility index (Phi) is 3.38. The van der Waals surface area contributed by atoms with Crippen molar-refractivity contribution in [1.82, 2.24) is 0 Å². The average Bonchev–Trinajstić information content (AvgIpc) is 2.26. The summed E-state index contributed by atoms with van der Waals surface area (Å²) in [4.78, 5) is 11.8. The summed E-state index contributed by atoms with van der Waals surface area (Å²) in [5, 5.41) is 1.44. The summed E-state index contributed by atoms with van der Waals surface area (Å²) in [5.74, 6) is 1.23. The molecule has 0 unspecified atom stereocenters. The van der Waals surface area contributed by atoms with E-state index >= 15 is 0 Å². The van der Waals surface area contributed by atoms with Crippen molar-refractivity contribution in [1.29, 1.82) is 0 Å². The maximum absolute atomic E-state index is 11.8. The fourth-order valence-electron chi connectivity index (χ4n) is 2.67. The smallest absolute Gasteiger partial charge is 0.137 e. The van der Waals surface area contributed by atoms with Gasteiger partial charge in [0.05, 0.1) is 15.2 Å². The van der Waals surface area contributed by atoms with E-state index in [1.165, 1.54) is 16.8 Å². The minimum atomic E-state index is -1.37. The van der Waals surface area contributed by atoms with Gasteiger partial charge in [0.2, 0.25) is 0 Å². The van der Waals surface area contributed by atoms with Crippen LogP contribution in [0.4, 0.5) is 0 Å². The number of benzene rings is 1. The Morgan fingerprint density at radius 2 is 2.06 bits per heavy atom. The highest BCUT2D eigenvalue weighted by molar-refractivity contribution is 6.90. The molecule has 3 heteroatoms. The summed E-state index contributed by atoms with van der Waals surface area (Å²) in [6.45, 7) is 4.79. The molecule has 0 amide bonds. The molecule has 0 spiro atoms. The number of methoxy groups -OCH3 is 1. The third-order valence-corrected chi connectivity index (χ3v) is 7.24. The Morgan fingerprint density at radius 1 is 1.29 bits per heavy atom. The number of rotatable bonds is 1. The van der Waals surface area contributed by atoms with Gasteiger partial charge in [-0.1, -0.05) is 30.4 Å². The van der Waals surface area contributed by atoms with Crippen molar-refractivity contribution in [2.45, 2.75) is 38.4 Å². The van der Waals surface area contributed by atoms with Gasteiger partial charge >= 0.3 is 0 Å². The molecule has 92 valence electrons. The van der Waals surface area contributed by atoms with Crippen molar-refractivity contribution in [2.24, 2.45) is 0 Å². The summed E-state index contributed by atoms with van der Waals surface area (Å²) in [5.41, 5.74) is 1.20. The number of hydrogen-bond acceptors (Lipinski definition) is 2. The van der Waals surface area contributed by atoms with Crippen molar-refractivity contribution in [3.63, 3.8) is 0 Å². The van der Waals surface area contributed by atoms with Crippen LogP contribution in [0.3, 0.4) is 0 Å². The maximum atomic E-state index is 11.8. The van der Waals surface area contributed by atoms with Crippen LogP contribution in [0.5, 0.6) is 5.75 Å². The summed E-state index contributed by atoms with van der Waals surface area (Å²) in [6.07, 6.45) is 2.39. The highest BCUT2D eigenvalue weighted by Crippen LogP contribution is 2.23. The lowest BCUT2D eigenvalue weighted by Crippen LogP contribution is -2.44. The molecule has 1 heterocycles. The molecule has 0 saturated heterocycles. The Hall–Kier alpha value is -1.09. The zero-order valence-electron chi connectivity index (χ0n) is 10.9. The predicted octanol–water partition coefficient (Wildman–Crippen LogP) is 2.52. The predicted molar refractivity (Wildman–Crippen MR) is 72.9 cm³/mol. The van der Waals surface area contributed by atoms with Crippen LogP contribution in [0.15, 0.2) is 18.2 Å². The molecule has 1 aromatic rings. The van der Waals surface area contributed by atoms with Crippen molar-refractivity contribution >= 4 is 19.0 Å². The minimum absolute atomic E-state index is 0.365. The first-order valence-electron chi connectivity index (χ1n) is 6.22. The largest absolute Gasteiger partial charge is 0.497 e. The van der Waals surface area contributed by atoms with Gasteiger partial charge in [-0.25, -0.2) is 0 Å². The van der Waals surface area contributed by atoms with Gasteiger partial charge in [-0.2, -0.15) is 0 Å². The van der Waals surface area contributed by atoms with Crippen LogP contribution in [0.2, 0.25) is 19.1 Å². The lowest BCUT2D eigenvalue weighted by Gasteiger charge is -2.28. The monoisotopic (exact) mass is 248 g/mol. The number of fused-ring (bicyclic) bond motifs is 1. The first-order valence-corrected chi connectivity index (χ1v) is 9.43. The second-order valence-corrected chi connectivity index (χ2v) is 10.3. The van der Waals surface area contributed by atoms with Gasteiger partial charge in [0, 0.05) is 12.8 Å². The van der Waals surface area contributed by atoms with Crippen LogP contribution in [0, 0.1) is 0 Å². The molecule has 1 aliphatic rings. The van der Waals surface area contributed by atoms with Crippen LogP contribution in [-0.4, -0.2) is 21.0 Å². The van der Waals surface area contributed by atoms with Gasteiger partial charge in [0.1, 0.15) is 11.5 Å². The molecular formula is C14H20O2Si. The number of carbonyl (C=O) groups is 1. The molecule has 0 aromatic heterocycles. The third kappa shape index (κ3) is 2.60. The summed E-state index contributed by atoms with van der Waals surface area (Å²) < 4.78 is 5.26. The zero-order chi connectivity index (χ0) is 12.5. The summed E-state index contributed by atoms with van der Waals surface area (Å²) in [6, 6.07) is 7.46. The summed E-state index contributed by atoms with van der Waals surface area (Å²) >= 11 is 0. The molecule has 2 nitrogen and oxygen atoms in total. The molecule has 2 rings (SSSR count). The third-order valence-electron chi connectivity index (χ3n) is 3.69. The lowest BCUT2D eigenvalue weighted by atomic mass is 10.1. The maximum Gasteiger partial charge on any atom is 0.137 e. The molecule has 0 aliphatic carbocycles. The van der Waals surface area contributed by atoms with Crippen LogP contribution in [0.1, 0.15) is 18.4 Å². The summed E-state index contributed by atoms with van der Waals surface area (Å²) in [7, 11) is 0.309. The zero-order valence-corrected chi connectivity index (χ0v) is 11.9. The van der Waals surface area contributed by atoms with Crippen LogP contribution in [-0.2, 0) is 11.2 Å². The van der Waals surface area contributed by atoms with Crippen LogP contribution < -0.4 is 9.92 Å². The van der Waals surface area contributed by atoms with Crippen molar-refractivity contribution < 1.29 is 9.53 Å². The fourth-order valence-corrected chi connectivity index (χ4v) is 5.56. The molecule has 0 fully saturated rings. The Labute approximate surface area is 104 Å². The second-order valence-electron chi connectivity index (χ2n) is 5.48.